The molecule has 0 saturated heterocycles. The summed E-state index contributed by atoms with van der Waals surface area (Å²) in [5.41, 5.74) is 0. The molecule has 1 N–H and O–H groups in total. The normalized spacial score (nSPS) is 17.2. The van der Waals surface area contributed by atoms with Gasteiger partial charge < -0.3 is 14.6 Å². The number of esters is 1. The van der Waals surface area contributed by atoms with Gasteiger partial charge in [-0.15, -0.1) is 0 Å². The van der Waals surface area contributed by atoms with Crippen LogP contribution in [0, 0.1) is 0 Å². The molecule has 0 amide bonds. The van der Waals surface area contributed by atoms with Crippen molar-refractivity contribution in [1.29, 1.82) is 0 Å². The Bertz CT molecular complexity index is 231. The summed E-state index contributed by atoms with van der Waals surface area (Å²) >= 11 is 0. The SMILES string of the molecule is CCOC(=O)CC(O)CN(CCOC)C1CC1. The molecule has 0 aliphatic heterocycles. The predicted molar refractivity (Wildman–Crippen MR) is 63.7 cm³/mol. The van der Waals surface area contributed by atoms with Crippen LogP contribution in [0.3, 0.4) is 0 Å². The first-order chi connectivity index (χ1) is 8.17. The molecule has 100 valence electrons. The van der Waals surface area contributed by atoms with Gasteiger partial charge in [0.1, 0.15) is 0 Å². The van der Waals surface area contributed by atoms with Crippen LogP contribution in [0.2, 0.25) is 0 Å². The standard InChI is InChI=1S/C12H23NO4/c1-3-17-12(15)8-11(14)9-13(6-7-16-2)10-4-5-10/h10-11,14H,3-9H2,1-2H3. The van der Waals surface area contributed by atoms with Gasteiger partial charge in [0, 0.05) is 26.2 Å². The van der Waals surface area contributed by atoms with Gasteiger partial charge in [0.2, 0.25) is 0 Å². The number of ether oxygens (including phenoxy) is 2. The van der Waals surface area contributed by atoms with Crippen LogP contribution in [0.5, 0.6) is 0 Å². The maximum atomic E-state index is 11.2. The van der Waals surface area contributed by atoms with Gasteiger partial charge in [0.15, 0.2) is 0 Å². The highest BCUT2D eigenvalue weighted by Crippen LogP contribution is 2.26. The molecule has 1 saturated carbocycles. The molecule has 0 spiro atoms. The number of hydrogen-bond donors (Lipinski definition) is 1. The zero-order valence-electron chi connectivity index (χ0n) is 10.7. The van der Waals surface area contributed by atoms with Crippen molar-refractivity contribution < 1.29 is 19.4 Å². The van der Waals surface area contributed by atoms with E-state index in [0.717, 1.165) is 6.54 Å². The van der Waals surface area contributed by atoms with Crippen LogP contribution < -0.4 is 0 Å². The molecule has 1 rings (SSSR count). The Labute approximate surface area is 103 Å². The number of methoxy groups -OCH3 is 1. The summed E-state index contributed by atoms with van der Waals surface area (Å²) in [6, 6.07) is 0.557. The van der Waals surface area contributed by atoms with E-state index in [9.17, 15) is 9.90 Å². The number of nitrogens with zero attached hydrogens (tertiary/aromatic N) is 1. The topological polar surface area (TPSA) is 59.0 Å². The highest BCUT2D eigenvalue weighted by atomic mass is 16.5. The van der Waals surface area contributed by atoms with Crippen molar-refractivity contribution in [1.82, 2.24) is 4.90 Å². The highest BCUT2D eigenvalue weighted by Gasteiger charge is 2.30. The number of rotatable bonds is 9. The van der Waals surface area contributed by atoms with Crippen LogP contribution in [0.4, 0.5) is 0 Å². The summed E-state index contributed by atoms with van der Waals surface area (Å²) in [5.74, 6) is -0.331. The van der Waals surface area contributed by atoms with Crippen LogP contribution in [-0.2, 0) is 14.3 Å². The first-order valence-electron chi connectivity index (χ1n) is 6.24. The first kappa shape index (κ1) is 14.4. The van der Waals surface area contributed by atoms with E-state index >= 15 is 0 Å². The van der Waals surface area contributed by atoms with Crippen molar-refractivity contribution in [3.05, 3.63) is 0 Å². The fraction of sp³-hybridized carbons (Fsp3) is 0.917. The summed E-state index contributed by atoms with van der Waals surface area (Å²) < 4.78 is 9.85. The molecule has 0 radical (unpaired) electrons. The quantitative estimate of drug-likeness (QED) is 0.596. The molecule has 0 aromatic rings. The van der Waals surface area contributed by atoms with E-state index in [1.54, 1.807) is 14.0 Å². The molecule has 0 heterocycles. The average Bonchev–Trinajstić information content (AvgIpc) is 3.08. The van der Waals surface area contributed by atoms with Crippen molar-refractivity contribution in [2.24, 2.45) is 0 Å². The van der Waals surface area contributed by atoms with Crippen LogP contribution >= 0.6 is 0 Å². The summed E-state index contributed by atoms with van der Waals surface area (Å²) in [5, 5.41) is 9.81. The second kappa shape index (κ2) is 7.63. The van der Waals surface area contributed by atoms with Crippen molar-refractivity contribution in [2.45, 2.75) is 38.3 Å². The molecule has 1 unspecified atom stereocenters. The van der Waals surface area contributed by atoms with Gasteiger partial charge in [-0.25, -0.2) is 0 Å². The van der Waals surface area contributed by atoms with E-state index < -0.39 is 6.10 Å². The maximum Gasteiger partial charge on any atom is 0.308 e. The zero-order valence-corrected chi connectivity index (χ0v) is 10.7. The summed E-state index contributed by atoms with van der Waals surface area (Å²) in [6.07, 6.45) is 1.78. The number of carbonyl (C=O) groups excluding carboxylic acids is 1. The Morgan fingerprint density at radius 3 is 2.76 bits per heavy atom. The fourth-order valence-corrected chi connectivity index (χ4v) is 1.82. The first-order valence-corrected chi connectivity index (χ1v) is 6.24. The zero-order chi connectivity index (χ0) is 12.7. The van der Waals surface area contributed by atoms with Crippen molar-refractivity contribution in [3.8, 4) is 0 Å². The third kappa shape index (κ3) is 6.00. The van der Waals surface area contributed by atoms with Crippen LogP contribution in [0.25, 0.3) is 0 Å². The lowest BCUT2D eigenvalue weighted by molar-refractivity contribution is -0.145. The van der Waals surface area contributed by atoms with Gasteiger partial charge >= 0.3 is 5.97 Å². The van der Waals surface area contributed by atoms with E-state index in [1.165, 1.54) is 12.8 Å². The van der Waals surface area contributed by atoms with Crippen LogP contribution in [0.1, 0.15) is 26.2 Å². The molecule has 1 aliphatic rings. The van der Waals surface area contributed by atoms with Gasteiger partial charge in [-0.2, -0.15) is 0 Å². The summed E-state index contributed by atoms with van der Waals surface area (Å²) in [4.78, 5) is 13.4. The fourth-order valence-electron chi connectivity index (χ4n) is 1.82. The Kier molecular flexibility index (Phi) is 6.47. The molecule has 5 nitrogen and oxygen atoms in total. The smallest absolute Gasteiger partial charge is 0.308 e. The minimum atomic E-state index is -0.647. The molecule has 1 fully saturated rings. The molecule has 0 bridgehead atoms. The van der Waals surface area contributed by atoms with Gasteiger partial charge in [-0.3, -0.25) is 9.69 Å². The molecule has 0 aromatic heterocycles. The van der Waals surface area contributed by atoms with Crippen molar-refractivity contribution in [2.75, 3.05) is 33.4 Å². The van der Waals surface area contributed by atoms with E-state index in [2.05, 4.69) is 4.90 Å². The lowest BCUT2D eigenvalue weighted by atomic mass is 10.2. The number of aliphatic hydroxyl groups is 1. The van der Waals surface area contributed by atoms with E-state index in [-0.39, 0.29) is 12.4 Å². The molecule has 5 heteroatoms. The minimum absolute atomic E-state index is 0.0735. The minimum Gasteiger partial charge on any atom is -0.466 e. The maximum absolute atomic E-state index is 11.2. The second-order valence-electron chi connectivity index (χ2n) is 4.38. The van der Waals surface area contributed by atoms with Gasteiger partial charge in [-0.1, -0.05) is 0 Å². The molecular formula is C12H23NO4. The van der Waals surface area contributed by atoms with Crippen molar-refractivity contribution >= 4 is 5.97 Å². The van der Waals surface area contributed by atoms with Gasteiger partial charge in [-0.05, 0) is 19.8 Å². The Hall–Kier alpha value is -0.650. The van der Waals surface area contributed by atoms with E-state index in [1.807, 2.05) is 0 Å². The Morgan fingerprint density at radius 1 is 1.53 bits per heavy atom. The lowest BCUT2D eigenvalue weighted by Crippen LogP contribution is -2.37. The molecule has 1 aliphatic carbocycles. The number of aliphatic hydroxyl groups excluding tert-OH is 1. The van der Waals surface area contributed by atoms with Crippen LogP contribution in [-0.4, -0.2) is 61.5 Å². The number of carbonyl (C=O) groups is 1. The van der Waals surface area contributed by atoms with E-state index in [4.69, 9.17) is 9.47 Å². The highest BCUT2D eigenvalue weighted by molar-refractivity contribution is 5.69. The molecule has 0 aromatic carbocycles. The average molecular weight is 245 g/mol. The third-order valence-corrected chi connectivity index (χ3v) is 2.80. The van der Waals surface area contributed by atoms with Crippen LogP contribution in [0.15, 0.2) is 0 Å². The Morgan fingerprint density at radius 2 is 2.24 bits per heavy atom. The Balaban J connectivity index is 2.25. The summed E-state index contributed by atoms with van der Waals surface area (Å²) in [7, 11) is 1.67. The summed E-state index contributed by atoms with van der Waals surface area (Å²) in [6.45, 7) is 4.11. The number of hydrogen-bond acceptors (Lipinski definition) is 5. The van der Waals surface area contributed by atoms with E-state index in [0.29, 0.717) is 25.8 Å². The second-order valence-corrected chi connectivity index (χ2v) is 4.38. The van der Waals surface area contributed by atoms with Gasteiger partial charge in [0.05, 0.1) is 25.7 Å². The van der Waals surface area contributed by atoms with Crippen molar-refractivity contribution in [3.63, 3.8) is 0 Å². The molecule has 1 atom stereocenters. The predicted octanol–water partition coefficient (Wildman–Crippen LogP) is 0.411. The monoisotopic (exact) mass is 245 g/mol. The largest absolute Gasteiger partial charge is 0.466 e. The third-order valence-electron chi connectivity index (χ3n) is 2.80. The molecular weight excluding hydrogens is 222 g/mol. The lowest BCUT2D eigenvalue weighted by Gasteiger charge is -2.24. The van der Waals surface area contributed by atoms with Gasteiger partial charge in [0.25, 0.3) is 0 Å². The molecule has 17 heavy (non-hydrogen) atoms.